The van der Waals surface area contributed by atoms with Gasteiger partial charge in [-0.05, 0) is 81.9 Å². The topological polar surface area (TPSA) is 34.2 Å². The van der Waals surface area contributed by atoms with E-state index in [-0.39, 0.29) is 11.5 Å². The molecule has 0 radical (unpaired) electrons. The summed E-state index contributed by atoms with van der Waals surface area (Å²) in [7, 11) is 0. The molecule has 1 unspecified atom stereocenters. The molecule has 3 heterocycles. The summed E-state index contributed by atoms with van der Waals surface area (Å²) < 4.78 is 4.90. The molecule has 10 aromatic rings. The van der Waals surface area contributed by atoms with Gasteiger partial charge in [0, 0.05) is 49.3 Å². The second-order valence-electron chi connectivity index (χ2n) is 17.5. The average molecular weight is 795 g/mol. The summed E-state index contributed by atoms with van der Waals surface area (Å²) in [6, 6.07) is 66.5. The first-order chi connectivity index (χ1) is 30.5. The molecule has 1 atom stereocenters. The summed E-state index contributed by atoms with van der Waals surface area (Å²) >= 11 is 0. The van der Waals surface area contributed by atoms with Gasteiger partial charge in [0.15, 0.2) is 0 Å². The Morgan fingerprint density at radius 1 is 0.516 bits per heavy atom. The monoisotopic (exact) mass is 794 g/mol. The zero-order valence-electron chi connectivity index (χ0n) is 34.6. The van der Waals surface area contributed by atoms with Gasteiger partial charge in [-0.2, -0.15) is 0 Å². The van der Waals surface area contributed by atoms with E-state index >= 15 is 0 Å². The Hall–Kier alpha value is -7.69. The van der Waals surface area contributed by atoms with E-state index in [1.807, 2.05) is 0 Å². The van der Waals surface area contributed by atoms with E-state index in [9.17, 15) is 0 Å². The molecule has 3 aliphatic rings. The van der Waals surface area contributed by atoms with Crippen LogP contribution in [0.25, 0.3) is 76.9 Å². The van der Waals surface area contributed by atoms with Crippen LogP contribution in [0, 0.1) is 0 Å². The summed E-state index contributed by atoms with van der Waals surface area (Å²) in [6.45, 7) is 4.68. The number of amidine groups is 1. The van der Waals surface area contributed by atoms with Crippen molar-refractivity contribution in [1.82, 2.24) is 14.5 Å². The molecule has 1 N–H and O–H groups in total. The fourth-order valence-electron chi connectivity index (χ4n) is 10.9. The third-order valence-electron chi connectivity index (χ3n) is 13.7. The molecule has 13 rings (SSSR count). The average Bonchev–Trinajstić information content (AvgIpc) is 3.84. The fraction of sp³-hybridized carbons (Fsp3) is 0.0862. The molecule has 8 aromatic carbocycles. The van der Waals surface area contributed by atoms with E-state index in [0.717, 1.165) is 34.7 Å². The zero-order valence-corrected chi connectivity index (χ0v) is 34.6. The van der Waals surface area contributed by atoms with Crippen LogP contribution < -0.4 is 5.32 Å². The van der Waals surface area contributed by atoms with Crippen LogP contribution in [-0.2, 0) is 5.41 Å². The molecule has 0 saturated carbocycles. The standard InChI is InChI=1S/C58H42N4/c1-58(2)48-27-13-10-25-46(48)54-55(59-57(60-56(54)58)38-31-32-44-42-23-11-14-28-49(42)61(52(44)35-38)39-19-4-3-5-20-39)45-26-16-30-51(41-22-9-8-21-40(41)45)62-50-29-15-12-24-43(50)47-33-36-17-6-7-18-37(36)34-53(47)62/h3-15,17-35,55H,16H2,1-2H3,(H,59,60). The Kier molecular flexibility index (Phi) is 7.45. The van der Waals surface area contributed by atoms with E-state index < -0.39 is 0 Å². The number of rotatable bonds is 4. The summed E-state index contributed by atoms with van der Waals surface area (Å²) in [4.78, 5) is 5.65. The van der Waals surface area contributed by atoms with Gasteiger partial charge in [0.05, 0.1) is 39.5 Å². The van der Waals surface area contributed by atoms with Gasteiger partial charge in [0.25, 0.3) is 0 Å². The summed E-state index contributed by atoms with van der Waals surface area (Å²) in [5.74, 6) is 0.895. The largest absolute Gasteiger partial charge is 0.359 e. The predicted octanol–water partition coefficient (Wildman–Crippen LogP) is 13.8. The first-order valence-corrected chi connectivity index (χ1v) is 21.7. The number of benzene rings is 8. The highest BCUT2D eigenvalue weighted by Crippen LogP contribution is 2.52. The van der Waals surface area contributed by atoms with Crippen molar-refractivity contribution in [1.29, 1.82) is 0 Å². The van der Waals surface area contributed by atoms with Crippen LogP contribution in [0.4, 0.5) is 0 Å². The smallest absolute Gasteiger partial charge is 0.134 e. The summed E-state index contributed by atoms with van der Waals surface area (Å²) in [5.41, 5.74) is 16.6. The highest BCUT2D eigenvalue weighted by atomic mass is 15.1. The van der Waals surface area contributed by atoms with Gasteiger partial charge >= 0.3 is 0 Å². The molecule has 294 valence electrons. The molecule has 4 nitrogen and oxygen atoms in total. The lowest BCUT2D eigenvalue weighted by Crippen LogP contribution is -2.41. The van der Waals surface area contributed by atoms with Crippen molar-refractivity contribution in [3.05, 3.63) is 228 Å². The minimum atomic E-state index is -0.291. The number of aliphatic imine (C=N–C) groups is 1. The van der Waals surface area contributed by atoms with Crippen molar-refractivity contribution >= 4 is 77.1 Å². The van der Waals surface area contributed by atoms with Gasteiger partial charge in [-0.25, -0.2) is 4.99 Å². The third kappa shape index (κ3) is 4.98. The maximum Gasteiger partial charge on any atom is 0.134 e. The normalized spacial score (nSPS) is 16.8. The first kappa shape index (κ1) is 35.1. The number of aromatic nitrogens is 2. The summed E-state index contributed by atoms with van der Waals surface area (Å²) in [6.07, 6.45) is 5.68. The molecule has 2 aromatic heterocycles. The number of nitrogens with zero attached hydrogens (tertiary/aromatic N) is 3. The van der Waals surface area contributed by atoms with E-state index in [1.165, 1.54) is 88.0 Å². The number of nitrogens with one attached hydrogen (secondary N) is 1. The Bertz CT molecular complexity index is 3660. The van der Waals surface area contributed by atoms with Crippen molar-refractivity contribution < 1.29 is 0 Å². The molecular formula is C58H42N4. The van der Waals surface area contributed by atoms with Crippen LogP contribution >= 0.6 is 0 Å². The Labute approximate surface area is 360 Å². The maximum atomic E-state index is 5.65. The van der Waals surface area contributed by atoms with E-state index in [4.69, 9.17) is 4.99 Å². The first-order valence-electron chi connectivity index (χ1n) is 21.7. The molecular weight excluding hydrogens is 753 g/mol. The maximum absolute atomic E-state index is 5.65. The van der Waals surface area contributed by atoms with Crippen LogP contribution in [0.5, 0.6) is 0 Å². The van der Waals surface area contributed by atoms with Gasteiger partial charge in [-0.3, -0.25) is 0 Å². The Morgan fingerprint density at radius 2 is 1.13 bits per heavy atom. The van der Waals surface area contributed by atoms with E-state index in [1.54, 1.807) is 0 Å². The quantitative estimate of drug-likeness (QED) is 0.189. The number of hydrogen-bond donors (Lipinski definition) is 1. The van der Waals surface area contributed by atoms with Crippen molar-refractivity contribution in [3.63, 3.8) is 0 Å². The highest BCUT2D eigenvalue weighted by Gasteiger charge is 2.44. The lowest BCUT2D eigenvalue weighted by Gasteiger charge is -2.32. The number of para-hydroxylation sites is 3. The molecule has 0 saturated heterocycles. The molecule has 0 amide bonds. The second kappa shape index (κ2) is 13.2. The van der Waals surface area contributed by atoms with Crippen LogP contribution in [0.1, 0.15) is 48.1 Å². The number of fused-ring (bicyclic) bond motifs is 10. The Balaban J connectivity index is 0.999. The van der Waals surface area contributed by atoms with Gasteiger partial charge < -0.3 is 14.5 Å². The Morgan fingerprint density at radius 3 is 1.94 bits per heavy atom. The van der Waals surface area contributed by atoms with E-state index in [2.05, 4.69) is 222 Å². The molecule has 0 bridgehead atoms. The van der Waals surface area contributed by atoms with Crippen LogP contribution in [0.15, 0.2) is 205 Å². The van der Waals surface area contributed by atoms with Crippen LogP contribution in [0.2, 0.25) is 0 Å². The van der Waals surface area contributed by atoms with Crippen molar-refractivity contribution in [2.24, 2.45) is 4.99 Å². The van der Waals surface area contributed by atoms with Gasteiger partial charge in [-0.15, -0.1) is 0 Å². The SMILES string of the molecule is CC1(C)C2=C(c3ccccc31)C(C1=CCC=C(n3c4ccccc4c4cc5ccccc5cc43)c3ccccc31)NC(c1ccc3c4ccccc4n(-c4ccccc4)c3c1)=N2. The molecule has 0 fully saturated rings. The van der Waals surface area contributed by atoms with Gasteiger partial charge in [-0.1, -0.05) is 166 Å². The minimum Gasteiger partial charge on any atom is -0.359 e. The fourth-order valence-corrected chi connectivity index (χ4v) is 10.9. The molecule has 0 spiro atoms. The third-order valence-corrected chi connectivity index (χ3v) is 13.7. The highest BCUT2D eigenvalue weighted by molar-refractivity contribution is 6.16. The van der Waals surface area contributed by atoms with Crippen LogP contribution in [0.3, 0.4) is 0 Å². The van der Waals surface area contributed by atoms with E-state index in [0.29, 0.717) is 0 Å². The summed E-state index contributed by atoms with van der Waals surface area (Å²) in [5, 5.41) is 11.6. The number of hydrogen-bond acceptors (Lipinski definition) is 2. The zero-order chi connectivity index (χ0) is 41.1. The van der Waals surface area contributed by atoms with Crippen molar-refractivity contribution in [2.45, 2.75) is 31.7 Å². The second-order valence-corrected chi connectivity index (χ2v) is 17.5. The molecule has 62 heavy (non-hydrogen) atoms. The minimum absolute atomic E-state index is 0.146. The lowest BCUT2D eigenvalue weighted by molar-refractivity contribution is 0.625. The molecule has 4 heteroatoms. The molecule has 1 aliphatic heterocycles. The lowest BCUT2D eigenvalue weighted by atomic mass is 9.84. The van der Waals surface area contributed by atoms with Gasteiger partial charge in [0.2, 0.25) is 0 Å². The van der Waals surface area contributed by atoms with Crippen LogP contribution in [-0.4, -0.2) is 21.0 Å². The van der Waals surface area contributed by atoms with Crippen molar-refractivity contribution in [3.8, 4) is 5.69 Å². The molecule has 2 aliphatic carbocycles. The predicted molar refractivity (Wildman–Crippen MR) is 260 cm³/mol. The van der Waals surface area contributed by atoms with Gasteiger partial charge in [0.1, 0.15) is 5.84 Å². The number of allylic oxidation sites excluding steroid dienone is 3. The van der Waals surface area contributed by atoms with Crippen molar-refractivity contribution in [2.75, 3.05) is 0 Å².